The van der Waals surface area contributed by atoms with Crippen LogP contribution in [0.2, 0.25) is 0 Å². The van der Waals surface area contributed by atoms with E-state index in [4.69, 9.17) is 9.72 Å². The van der Waals surface area contributed by atoms with Gasteiger partial charge in [0.05, 0.1) is 29.5 Å². The van der Waals surface area contributed by atoms with Crippen molar-refractivity contribution in [2.24, 2.45) is 5.92 Å². The van der Waals surface area contributed by atoms with Crippen molar-refractivity contribution >= 4 is 61.5 Å². The Kier molecular flexibility index (Phi) is 7.79. The van der Waals surface area contributed by atoms with E-state index in [1.807, 2.05) is 66.0 Å². The number of ether oxygens (including phenoxy) is 1. The Balaban J connectivity index is 1.33. The van der Waals surface area contributed by atoms with Gasteiger partial charge in [-0.15, -0.1) is 22.7 Å². The molecule has 0 bridgehead atoms. The average molecular weight is 602 g/mol. The number of hydrogen-bond donors (Lipinski definition) is 1. The van der Waals surface area contributed by atoms with Gasteiger partial charge in [-0.25, -0.2) is 9.78 Å². The van der Waals surface area contributed by atoms with Crippen LogP contribution in [0.1, 0.15) is 34.1 Å². The first-order chi connectivity index (χ1) is 19.9. The number of hydrogen-bond acceptors (Lipinski definition) is 8. The summed E-state index contributed by atoms with van der Waals surface area (Å²) in [6, 6.07) is 19.1. The van der Waals surface area contributed by atoms with Crippen LogP contribution >= 0.6 is 34.4 Å². The Labute approximate surface area is 249 Å². The molecule has 0 aliphatic heterocycles. The van der Waals surface area contributed by atoms with Gasteiger partial charge in [-0.3, -0.25) is 14.2 Å². The molecule has 1 aliphatic rings. The number of anilines is 1. The zero-order valence-electron chi connectivity index (χ0n) is 22.5. The molecule has 0 radical (unpaired) electrons. The Hall–Kier alpha value is -3.73. The molecule has 2 aromatic carbocycles. The van der Waals surface area contributed by atoms with E-state index in [9.17, 15) is 14.4 Å². The number of carbonyl (C=O) groups excluding carboxylic acids is 2. The lowest BCUT2D eigenvalue weighted by molar-refractivity contribution is -0.113. The highest BCUT2D eigenvalue weighted by atomic mass is 32.2. The predicted octanol–water partition coefficient (Wildman–Crippen LogP) is 6.82. The Morgan fingerprint density at radius 2 is 1.85 bits per heavy atom. The molecular formula is C31H27N3O4S3. The van der Waals surface area contributed by atoms with Gasteiger partial charge in [-0.05, 0) is 48.4 Å². The van der Waals surface area contributed by atoms with Crippen molar-refractivity contribution in [3.63, 3.8) is 0 Å². The number of nitrogens with one attached hydrogen (secondary N) is 1. The maximum atomic E-state index is 14.0. The summed E-state index contributed by atoms with van der Waals surface area (Å²) >= 11 is 4.06. The molecule has 3 aromatic heterocycles. The van der Waals surface area contributed by atoms with E-state index in [1.165, 1.54) is 41.5 Å². The van der Waals surface area contributed by atoms with Crippen molar-refractivity contribution in [3.8, 4) is 16.8 Å². The molecule has 3 heterocycles. The molecule has 0 fully saturated rings. The molecule has 208 valence electrons. The van der Waals surface area contributed by atoms with Crippen molar-refractivity contribution in [1.82, 2.24) is 9.55 Å². The number of fused-ring (bicyclic) bond motifs is 2. The fraction of sp³-hybridized carbons (Fsp3) is 0.226. The Bertz CT molecular complexity index is 1810. The van der Waals surface area contributed by atoms with Crippen LogP contribution in [-0.4, -0.2) is 34.3 Å². The van der Waals surface area contributed by atoms with E-state index in [1.54, 1.807) is 4.57 Å². The summed E-state index contributed by atoms with van der Waals surface area (Å²) in [6.07, 6.45) is 2.67. The molecule has 0 spiro atoms. The second-order valence-electron chi connectivity index (χ2n) is 9.95. The van der Waals surface area contributed by atoms with Crippen molar-refractivity contribution in [2.45, 2.75) is 31.3 Å². The zero-order chi connectivity index (χ0) is 28.5. The van der Waals surface area contributed by atoms with Crippen LogP contribution < -0.4 is 10.9 Å². The van der Waals surface area contributed by atoms with Gasteiger partial charge >= 0.3 is 5.97 Å². The van der Waals surface area contributed by atoms with E-state index < -0.39 is 5.97 Å². The number of nitrogens with zero attached hydrogens (tertiary/aromatic N) is 2. The molecule has 1 atom stereocenters. The molecule has 6 rings (SSSR count). The molecule has 1 unspecified atom stereocenters. The third-order valence-electron chi connectivity index (χ3n) is 7.16. The molecule has 41 heavy (non-hydrogen) atoms. The molecule has 0 saturated heterocycles. The predicted molar refractivity (Wildman–Crippen MR) is 167 cm³/mol. The zero-order valence-corrected chi connectivity index (χ0v) is 25.0. The molecule has 5 aromatic rings. The van der Waals surface area contributed by atoms with Gasteiger partial charge in [-0.1, -0.05) is 67.2 Å². The Morgan fingerprint density at radius 1 is 1.12 bits per heavy atom. The summed E-state index contributed by atoms with van der Waals surface area (Å²) in [5.74, 6) is -0.170. The second kappa shape index (κ2) is 11.6. The number of carbonyl (C=O) groups is 2. The molecule has 10 heteroatoms. The first-order valence-electron chi connectivity index (χ1n) is 13.2. The summed E-state index contributed by atoms with van der Waals surface area (Å²) in [7, 11) is 1.36. The van der Waals surface area contributed by atoms with Crippen LogP contribution in [0.25, 0.3) is 27.0 Å². The molecule has 1 amide bonds. The quantitative estimate of drug-likeness (QED) is 0.125. The van der Waals surface area contributed by atoms with Crippen LogP contribution in [0.4, 0.5) is 5.00 Å². The molecule has 0 saturated carbocycles. The number of esters is 1. The summed E-state index contributed by atoms with van der Waals surface area (Å²) in [5.41, 5.74) is 3.73. The highest BCUT2D eigenvalue weighted by Crippen LogP contribution is 2.40. The lowest BCUT2D eigenvalue weighted by atomic mass is 9.88. The van der Waals surface area contributed by atoms with Gasteiger partial charge in [0, 0.05) is 15.8 Å². The molecule has 7 nitrogen and oxygen atoms in total. The number of amides is 1. The van der Waals surface area contributed by atoms with Crippen molar-refractivity contribution in [1.29, 1.82) is 0 Å². The number of rotatable bonds is 7. The third kappa shape index (κ3) is 5.35. The van der Waals surface area contributed by atoms with Gasteiger partial charge in [0.2, 0.25) is 5.91 Å². The van der Waals surface area contributed by atoms with Crippen LogP contribution in [0.15, 0.2) is 76.0 Å². The highest BCUT2D eigenvalue weighted by Gasteiger charge is 2.29. The van der Waals surface area contributed by atoms with Crippen molar-refractivity contribution in [3.05, 3.63) is 92.4 Å². The summed E-state index contributed by atoms with van der Waals surface area (Å²) in [6.45, 7) is 2.20. The van der Waals surface area contributed by atoms with E-state index in [0.717, 1.165) is 40.8 Å². The summed E-state index contributed by atoms with van der Waals surface area (Å²) < 4.78 is 6.63. The third-order valence-corrected chi connectivity index (χ3v) is 10.1. The largest absolute Gasteiger partial charge is 0.465 e. The number of thioether (sulfide) groups is 1. The minimum atomic E-state index is -0.433. The lowest BCUT2D eigenvalue weighted by Gasteiger charge is -2.18. The molecule has 1 aliphatic carbocycles. The van der Waals surface area contributed by atoms with Crippen molar-refractivity contribution in [2.75, 3.05) is 18.2 Å². The highest BCUT2D eigenvalue weighted by molar-refractivity contribution is 7.99. The SMILES string of the molecule is COC(=O)c1c(NC(=O)CSc2nc3scc(-c4ccccc4)c3c(=O)n2-c2ccccc2)sc2c1CCC(C)C2. The average Bonchev–Trinajstić information content (AvgIpc) is 3.57. The van der Waals surface area contributed by atoms with Gasteiger partial charge in [0.25, 0.3) is 5.56 Å². The minimum Gasteiger partial charge on any atom is -0.465 e. The number of thiophene rings is 2. The van der Waals surface area contributed by atoms with E-state index in [-0.39, 0.29) is 17.2 Å². The monoisotopic (exact) mass is 601 g/mol. The number of methoxy groups -OCH3 is 1. The first kappa shape index (κ1) is 27.4. The fourth-order valence-electron chi connectivity index (χ4n) is 5.15. The van der Waals surface area contributed by atoms with Crippen LogP contribution in [0, 0.1) is 5.92 Å². The second-order valence-corrected chi connectivity index (χ2v) is 12.9. The summed E-state index contributed by atoms with van der Waals surface area (Å²) in [4.78, 5) is 46.5. The molecular weight excluding hydrogens is 575 g/mol. The summed E-state index contributed by atoms with van der Waals surface area (Å²) in [5, 5.41) is 6.42. The van der Waals surface area contributed by atoms with E-state index in [2.05, 4.69) is 12.2 Å². The Morgan fingerprint density at radius 3 is 2.59 bits per heavy atom. The smallest absolute Gasteiger partial charge is 0.341 e. The van der Waals surface area contributed by atoms with Gasteiger partial charge in [0.15, 0.2) is 5.16 Å². The van der Waals surface area contributed by atoms with Crippen LogP contribution in [0.3, 0.4) is 0 Å². The maximum absolute atomic E-state index is 14.0. The minimum absolute atomic E-state index is 0.0152. The van der Waals surface area contributed by atoms with E-state index >= 15 is 0 Å². The van der Waals surface area contributed by atoms with Gasteiger partial charge in [-0.2, -0.15) is 0 Å². The molecule has 1 N–H and O–H groups in total. The standard InChI is InChI=1S/C31H27N3O4S3/c1-18-13-14-21-23(15-18)41-28(26(21)30(37)38-2)32-24(35)17-40-31-33-27-25(22(16-39-27)19-9-5-3-6-10-19)29(36)34(31)20-11-7-4-8-12-20/h3-12,16,18H,13-15,17H2,1-2H3,(H,32,35). The number of aromatic nitrogens is 2. The van der Waals surface area contributed by atoms with Crippen LogP contribution in [0.5, 0.6) is 0 Å². The number of benzene rings is 2. The topological polar surface area (TPSA) is 90.3 Å². The maximum Gasteiger partial charge on any atom is 0.341 e. The van der Waals surface area contributed by atoms with E-state index in [0.29, 0.717) is 37.5 Å². The fourth-order valence-corrected chi connectivity index (χ4v) is 8.37. The van der Waals surface area contributed by atoms with Gasteiger partial charge < -0.3 is 10.1 Å². The first-order valence-corrected chi connectivity index (χ1v) is 15.9. The number of para-hydroxylation sites is 1. The normalized spacial score (nSPS) is 14.5. The lowest BCUT2D eigenvalue weighted by Crippen LogP contribution is -2.23. The van der Waals surface area contributed by atoms with Gasteiger partial charge in [0.1, 0.15) is 9.83 Å². The van der Waals surface area contributed by atoms with Crippen LogP contribution in [-0.2, 0) is 22.4 Å². The van der Waals surface area contributed by atoms with Crippen molar-refractivity contribution < 1.29 is 14.3 Å².